The van der Waals surface area contributed by atoms with Gasteiger partial charge in [-0.25, -0.2) is 8.42 Å². The van der Waals surface area contributed by atoms with E-state index in [-0.39, 0.29) is 4.90 Å². The third-order valence-electron chi connectivity index (χ3n) is 4.74. The van der Waals surface area contributed by atoms with Crippen LogP contribution in [0.5, 0.6) is 0 Å². The predicted molar refractivity (Wildman–Crippen MR) is 127 cm³/mol. The van der Waals surface area contributed by atoms with E-state index in [9.17, 15) is 13.2 Å². The van der Waals surface area contributed by atoms with Gasteiger partial charge in [0.15, 0.2) is 0 Å². The Morgan fingerprint density at radius 2 is 1.65 bits per heavy atom. The van der Waals surface area contributed by atoms with Gasteiger partial charge in [-0.3, -0.25) is 9.10 Å². The number of rotatable bonds is 7. The number of nitrogens with one attached hydrogen (secondary N) is 1. The first-order valence-electron chi connectivity index (χ1n) is 9.64. The van der Waals surface area contributed by atoms with Crippen molar-refractivity contribution in [1.82, 2.24) is 0 Å². The Kier molecular flexibility index (Phi) is 7.26. The van der Waals surface area contributed by atoms with E-state index in [4.69, 9.17) is 23.2 Å². The van der Waals surface area contributed by atoms with E-state index in [2.05, 4.69) is 5.32 Å². The van der Waals surface area contributed by atoms with Crippen LogP contribution in [0.25, 0.3) is 0 Å². The lowest BCUT2D eigenvalue weighted by atomic mass is 10.1. The summed E-state index contributed by atoms with van der Waals surface area (Å²) in [5.74, 6) is -0.500. The molecule has 0 fully saturated rings. The highest BCUT2D eigenvalue weighted by Gasteiger charge is 2.28. The summed E-state index contributed by atoms with van der Waals surface area (Å²) >= 11 is 11.9. The zero-order chi connectivity index (χ0) is 22.6. The van der Waals surface area contributed by atoms with Crippen LogP contribution in [0.1, 0.15) is 18.1 Å². The maximum atomic E-state index is 13.5. The monoisotopic (exact) mass is 476 g/mol. The van der Waals surface area contributed by atoms with Crippen LogP contribution in [0, 0.1) is 6.92 Å². The van der Waals surface area contributed by atoms with Gasteiger partial charge in [0.25, 0.3) is 10.0 Å². The summed E-state index contributed by atoms with van der Waals surface area (Å²) in [6.07, 6.45) is 0.616. The van der Waals surface area contributed by atoms with Crippen molar-refractivity contribution in [3.8, 4) is 0 Å². The largest absolute Gasteiger partial charge is 0.324 e. The Morgan fingerprint density at radius 3 is 2.29 bits per heavy atom. The molecule has 162 valence electrons. The van der Waals surface area contributed by atoms with Gasteiger partial charge < -0.3 is 5.32 Å². The van der Waals surface area contributed by atoms with Crippen molar-refractivity contribution < 1.29 is 13.2 Å². The van der Waals surface area contributed by atoms with Gasteiger partial charge in [0.2, 0.25) is 5.91 Å². The zero-order valence-electron chi connectivity index (χ0n) is 17.1. The first-order valence-corrected chi connectivity index (χ1v) is 11.8. The number of carbonyl (C=O) groups excluding carboxylic acids is 1. The quantitative estimate of drug-likeness (QED) is 0.475. The minimum atomic E-state index is -3.98. The van der Waals surface area contributed by atoms with Crippen LogP contribution in [0.4, 0.5) is 11.4 Å². The predicted octanol–water partition coefficient (Wildman–Crippen LogP) is 5.70. The van der Waals surface area contributed by atoms with Gasteiger partial charge in [0.1, 0.15) is 6.54 Å². The summed E-state index contributed by atoms with van der Waals surface area (Å²) in [7, 11) is -3.98. The third kappa shape index (κ3) is 5.39. The number of para-hydroxylation sites is 1. The molecule has 0 aliphatic rings. The number of nitrogens with zero attached hydrogens (tertiary/aromatic N) is 1. The van der Waals surface area contributed by atoms with Gasteiger partial charge in [-0.1, -0.05) is 66.0 Å². The highest BCUT2D eigenvalue weighted by Crippen LogP contribution is 2.28. The van der Waals surface area contributed by atoms with Crippen molar-refractivity contribution in [3.63, 3.8) is 0 Å². The Morgan fingerprint density at radius 1 is 0.968 bits per heavy atom. The fourth-order valence-electron chi connectivity index (χ4n) is 3.10. The zero-order valence-corrected chi connectivity index (χ0v) is 19.4. The van der Waals surface area contributed by atoms with Gasteiger partial charge in [0.05, 0.1) is 20.6 Å². The van der Waals surface area contributed by atoms with Crippen LogP contribution in [0.2, 0.25) is 10.0 Å². The maximum absolute atomic E-state index is 13.5. The van der Waals surface area contributed by atoms with Gasteiger partial charge in [-0.15, -0.1) is 0 Å². The van der Waals surface area contributed by atoms with Crippen molar-refractivity contribution >= 4 is 50.5 Å². The minimum absolute atomic E-state index is 0.117. The second-order valence-corrected chi connectivity index (χ2v) is 9.66. The lowest BCUT2D eigenvalue weighted by Crippen LogP contribution is -2.38. The fourth-order valence-corrected chi connectivity index (χ4v) is 4.85. The number of hydrogen-bond donors (Lipinski definition) is 1. The average molecular weight is 477 g/mol. The molecule has 0 aliphatic heterocycles. The molecule has 0 unspecified atom stereocenters. The van der Waals surface area contributed by atoms with Crippen molar-refractivity contribution in [3.05, 3.63) is 87.9 Å². The highest BCUT2D eigenvalue weighted by molar-refractivity contribution is 7.92. The number of sulfonamides is 1. The Bertz CT molecular complexity index is 1200. The van der Waals surface area contributed by atoms with E-state index < -0.39 is 22.5 Å². The molecular formula is C23H22Cl2N2O3S. The summed E-state index contributed by atoms with van der Waals surface area (Å²) < 4.78 is 28.2. The smallest absolute Gasteiger partial charge is 0.264 e. The van der Waals surface area contributed by atoms with Crippen LogP contribution in [-0.2, 0) is 21.2 Å². The first kappa shape index (κ1) is 23.1. The number of carbonyl (C=O) groups is 1. The second-order valence-electron chi connectivity index (χ2n) is 6.98. The lowest BCUT2D eigenvalue weighted by molar-refractivity contribution is -0.114. The van der Waals surface area contributed by atoms with Crippen LogP contribution in [-0.4, -0.2) is 20.9 Å². The van der Waals surface area contributed by atoms with Gasteiger partial charge in [0, 0.05) is 5.69 Å². The van der Waals surface area contributed by atoms with Gasteiger partial charge >= 0.3 is 0 Å². The lowest BCUT2D eigenvalue weighted by Gasteiger charge is -2.26. The van der Waals surface area contributed by atoms with E-state index in [1.807, 2.05) is 26.0 Å². The Labute approximate surface area is 192 Å². The SMILES string of the molecule is CCc1ccccc1N(CC(=O)Nc1ccc(Cl)c(Cl)c1)S(=O)(=O)c1ccc(C)cc1. The fraction of sp³-hybridized carbons (Fsp3) is 0.174. The van der Waals surface area contributed by atoms with Crippen molar-refractivity contribution in [2.75, 3.05) is 16.2 Å². The number of amides is 1. The summed E-state index contributed by atoms with van der Waals surface area (Å²) in [6, 6.07) is 18.4. The molecule has 3 aromatic rings. The molecular weight excluding hydrogens is 455 g/mol. The third-order valence-corrected chi connectivity index (χ3v) is 7.25. The van der Waals surface area contributed by atoms with Crippen molar-refractivity contribution in [2.24, 2.45) is 0 Å². The number of hydrogen-bond acceptors (Lipinski definition) is 3. The minimum Gasteiger partial charge on any atom is -0.324 e. The van der Waals surface area contributed by atoms with Crippen molar-refractivity contribution in [1.29, 1.82) is 0 Å². The van der Waals surface area contributed by atoms with E-state index in [0.29, 0.717) is 27.8 Å². The summed E-state index contributed by atoms with van der Waals surface area (Å²) in [5.41, 5.74) is 2.66. The van der Waals surface area contributed by atoms with E-state index >= 15 is 0 Å². The van der Waals surface area contributed by atoms with Crippen LogP contribution in [0.15, 0.2) is 71.6 Å². The molecule has 0 bridgehead atoms. The van der Waals surface area contributed by atoms with Crippen LogP contribution in [0.3, 0.4) is 0 Å². The molecule has 0 heterocycles. The molecule has 1 amide bonds. The molecule has 0 saturated carbocycles. The molecule has 1 N–H and O–H groups in total. The molecule has 8 heteroatoms. The first-order chi connectivity index (χ1) is 14.7. The van der Waals surface area contributed by atoms with Crippen molar-refractivity contribution in [2.45, 2.75) is 25.2 Å². The van der Waals surface area contributed by atoms with E-state index in [1.54, 1.807) is 48.5 Å². The summed E-state index contributed by atoms with van der Waals surface area (Å²) in [6.45, 7) is 3.42. The average Bonchev–Trinajstić information content (AvgIpc) is 2.75. The number of halogens is 2. The molecule has 0 atom stereocenters. The highest BCUT2D eigenvalue weighted by atomic mass is 35.5. The Balaban J connectivity index is 1.98. The molecule has 0 radical (unpaired) electrons. The van der Waals surface area contributed by atoms with Gasteiger partial charge in [-0.2, -0.15) is 0 Å². The number of aryl methyl sites for hydroxylation is 2. The molecule has 3 aromatic carbocycles. The van der Waals surface area contributed by atoms with Crippen LogP contribution >= 0.6 is 23.2 Å². The van der Waals surface area contributed by atoms with Crippen LogP contribution < -0.4 is 9.62 Å². The Hall–Kier alpha value is -2.54. The standard InChI is InChI=1S/C23H22Cl2N2O3S/c1-3-17-6-4-5-7-22(17)27(31(29,30)19-11-8-16(2)9-12-19)15-23(28)26-18-10-13-20(24)21(25)14-18/h4-14H,3,15H2,1-2H3,(H,26,28). The van der Waals surface area contributed by atoms with Gasteiger partial charge in [-0.05, 0) is 55.3 Å². The molecule has 0 spiro atoms. The topological polar surface area (TPSA) is 66.5 Å². The summed E-state index contributed by atoms with van der Waals surface area (Å²) in [5, 5.41) is 3.35. The molecule has 3 rings (SSSR count). The van der Waals surface area contributed by atoms with E-state index in [0.717, 1.165) is 15.4 Å². The molecule has 5 nitrogen and oxygen atoms in total. The number of benzene rings is 3. The second kappa shape index (κ2) is 9.73. The maximum Gasteiger partial charge on any atom is 0.264 e. The number of anilines is 2. The molecule has 0 aromatic heterocycles. The molecule has 0 aliphatic carbocycles. The molecule has 0 saturated heterocycles. The normalized spacial score (nSPS) is 11.2. The molecule has 31 heavy (non-hydrogen) atoms. The summed E-state index contributed by atoms with van der Waals surface area (Å²) in [4.78, 5) is 12.9. The van der Waals surface area contributed by atoms with E-state index in [1.165, 1.54) is 6.07 Å².